The number of hydrogen-bond donors (Lipinski definition) is 2. The summed E-state index contributed by atoms with van der Waals surface area (Å²) in [5.74, 6) is 2.05. The number of amides is 1. The van der Waals surface area contributed by atoms with E-state index in [0.29, 0.717) is 6.04 Å². The predicted molar refractivity (Wildman–Crippen MR) is 69.7 cm³/mol. The molecule has 3 heteroatoms. The van der Waals surface area contributed by atoms with Crippen LogP contribution >= 0.6 is 0 Å². The van der Waals surface area contributed by atoms with Crippen LogP contribution in [0.1, 0.15) is 46.0 Å². The normalized spacial score (nSPS) is 33.9. The fraction of sp³-hybridized carbons (Fsp3) is 0.929. The molecule has 3 atom stereocenters. The molecule has 0 aromatic heterocycles. The molecule has 2 aliphatic rings. The molecule has 1 aliphatic carbocycles. The first-order chi connectivity index (χ1) is 8.16. The van der Waals surface area contributed by atoms with Crippen LogP contribution in [0.3, 0.4) is 0 Å². The molecule has 1 aliphatic heterocycles. The van der Waals surface area contributed by atoms with Gasteiger partial charge in [0.05, 0.1) is 5.92 Å². The average molecular weight is 238 g/mol. The second-order valence-corrected chi connectivity index (χ2v) is 6.07. The molecule has 1 amide bonds. The van der Waals surface area contributed by atoms with Crippen molar-refractivity contribution < 1.29 is 4.79 Å². The van der Waals surface area contributed by atoms with Crippen molar-refractivity contribution in [1.29, 1.82) is 0 Å². The Morgan fingerprint density at radius 2 is 2.12 bits per heavy atom. The van der Waals surface area contributed by atoms with Crippen LogP contribution < -0.4 is 10.6 Å². The zero-order valence-corrected chi connectivity index (χ0v) is 11.2. The van der Waals surface area contributed by atoms with Crippen molar-refractivity contribution in [2.45, 2.75) is 52.0 Å². The van der Waals surface area contributed by atoms with Crippen LogP contribution in [0.4, 0.5) is 0 Å². The minimum absolute atomic E-state index is 0.217. The van der Waals surface area contributed by atoms with Crippen molar-refractivity contribution in [2.75, 3.05) is 13.1 Å². The Bertz CT molecular complexity index is 259. The highest BCUT2D eigenvalue weighted by molar-refractivity contribution is 5.79. The maximum atomic E-state index is 12.0. The summed E-state index contributed by atoms with van der Waals surface area (Å²) in [7, 11) is 0. The molecule has 3 nitrogen and oxygen atoms in total. The minimum atomic E-state index is 0.217. The minimum Gasteiger partial charge on any atom is -0.353 e. The third-order valence-corrected chi connectivity index (χ3v) is 4.44. The van der Waals surface area contributed by atoms with Crippen molar-refractivity contribution in [3.63, 3.8) is 0 Å². The van der Waals surface area contributed by atoms with Gasteiger partial charge in [0.1, 0.15) is 0 Å². The lowest BCUT2D eigenvalue weighted by molar-refractivity contribution is -0.125. The average Bonchev–Trinajstić information content (AvgIpc) is 2.82. The van der Waals surface area contributed by atoms with E-state index < -0.39 is 0 Å². The SMILES string of the molecule is CC(C)C1CCCC(NC(=O)C2CCNC2)C1. The Balaban J connectivity index is 1.79. The molecule has 2 fully saturated rings. The highest BCUT2D eigenvalue weighted by atomic mass is 16.2. The summed E-state index contributed by atoms with van der Waals surface area (Å²) in [5.41, 5.74) is 0. The summed E-state index contributed by atoms with van der Waals surface area (Å²) in [6, 6.07) is 0.434. The molecule has 0 aromatic carbocycles. The molecule has 0 aromatic rings. The largest absolute Gasteiger partial charge is 0.353 e. The van der Waals surface area contributed by atoms with Crippen LogP contribution in [0.2, 0.25) is 0 Å². The van der Waals surface area contributed by atoms with Gasteiger partial charge in [0.25, 0.3) is 0 Å². The lowest BCUT2D eigenvalue weighted by Gasteiger charge is -2.32. The number of hydrogen-bond acceptors (Lipinski definition) is 2. The second-order valence-electron chi connectivity index (χ2n) is 6.07. The lowest BCUT2D eigenvalue weighted by Crippen LogP contribution is -2.42. The first-order valence-corrected chi connectivity index (χ1v) is 7.18. The van der Waals surface area contributed by atoms with Gasteiger partial charge in [-0.15, -0.1) is 0 Å². The first kappa shape index (κ1) is 12.9. The highest BCUT2D eigenvalue weighted by Crippen LogP contribution is 2.30. The van der Waals surface area contributed by atoms with E-state index >= 15 is 0 Å². The van der Waals surface area contributed by atoms with E-state index in [1.807, 2.05) is 0 Å². The third-order valence-electron chi connectivity index (χ3n) is 4.44. The van der Waals surface area contributed by atoms with Gasteiger partial charge in [-0.05, 0) is 37.6 Å². The van der Waals surface area contributed by atoms with Crippen molar-refractivity contribution >= 4 is 5.91 Å². The van der Waals surface area contributed by atoms with Crippen molar-refractivity contribution in [2.24, 2.45) is 17.8 Å². The van der Waals surface area contributed by atoms with Gasteiger partial charge in [-0.25, -0.2) is 0 Å². The zero-order chi connectivity index (χ0) is 12.3. The Labute approximate surface area is 105 Å². The van der Waals surface area contributed by atoms with Gasteiger partial charge in [-0.1, -0.05) is 26.7 Å². The Morgan fingerprint density at radius 1 is 1.29 bits per heavy atom. The van der Waals surface area contributed by atoms with Gasteiger partial charge in [-0.3, -0.25) is 4.79 Å². The molecule has 0 bridgehead atoms. The van der Waals surface area contributed by atoms with E-state index in [0.717, 1.165) is 31.3 Å². The molecule has 1 saturated heterocycles. The van der Waals surface area contributed by atoms with Crippen LogP contribution in [-0.2, 0) is 4.79 Å². The summed E-state index contributed by atoms with van der Waals surface area (Å²) in [6.07, 6.45) is 5.98. The summed E-state index contributed by atoms with van der Waals surface area (Å²) < 4.78 is 0. The van der Waals surface area contributed by atoms with Crippen LogP contribution in [0.15, 0.2) is 0 Å². The summed E-state index contributed by atoms with van der Waals surface area (Å²) in [6.45, 7) is 6.47. The summed E-state index contributed by atoms with van der Waals surface area (Å²) in [4.78, 5) is 12.0. The molecule has 3 unspecified atom stereocenters. The standard InChI is InChI=1S/C14H26N2O/c1-10(2)11-4-3-5-13(8-11)16-14(17)12-6-7-15-9-12/h10-13,15H,3-9H2,1-2H3,(H,16,17). The number of carbonyl (C=O) groups is 1. The quantitative estimate of drug-likeness (QED) is 0.789. The molecule has 0 radical (unpaired) electrons. The molecular formula is C14H26N2O. The molecule has 17 heavy (non-hydrogen) atoms. The van der Waals surface area contributed by atoms with E-state index in [-0.39, 0.29) is 11.8 Å². The second kappa shape index (κ2) is 5.85. The van der Waals surface area contributed by atoms with Gasteiger partial charge >= 0.3 is 0 Å². The first-order valence-electron chi connectivity index (χ1n) is 7.18. The lowest BCUT2D eigenvalue weighted by atomic mass is 9.79. The number of carbonyl (C=O) groups excluding carboxylic acids is 1. The molecular weight excluding hydrogens is 212 g/mol. The summed E-state index contributed by atoms with van der Waals surface area (Å²) >= 11 is 0. The van der Waals surface area contributed by atoms with Crippen molar-refractivity contribution in [1.82, 2.24) is 10.6 Å². The van der Waals surface area contributed by atoms with Crippen molar-refractivity contribution in [3.8, 4) is 0 Å². The molecule has 2 rings (SSSR count). The van der Waals surface area contributed by atoms with Crippen LogP contribution in [0.25, 0.3) is 0 Å². The molecule has 0 spiro atoms. The third kappa shape index (κ3) is 3.44. The molecule has 1 heterocycles. The van der Waals surface area contributed by atoms with Crippen LogP contribution in [-0.4, -0.2) is 25.0 Å². The highest BCUT2D eigenvalue weighted by Gasteiger charge is 2.28. The van der Waals surface area contributed by atoms with Crippen LogP contribution in [0, 0.1) is 17.8 Å². The van der Waals surface area contributed by atoms with Gasteiger partial charge < -0.3 is 10.6 Å². The monoisotopic (exact) mass is 238 g/mol. The van der Waals surface area contributed by atoms with E-state index in [9.17, 15) is 4.79 Å². The van der Waals surface area contributed by atoms with Crippen LogP contribution in [0.5, 0.6) is 0 Å². The maximum absolute atomic E-state index is 12.0. The fourth-order valence-electron chi connectivity index (χ4n) is 3.16. The Morgan fingerprint density at radius 3 is 2.76 bits per heavy atom. The van der Waals surface area contributed by atoms with E-state index in [4.69, 9.17) is 0 Å². The van der Waals surface area contributed by atoms with Crippen molar-refractivity contribution in [3.05, 3.63) is 0 Å². The van der Waals surface area contributed by atoms with E-state index in [2.05, 4.69) is 24.5 Å². The molecule has 98 valence electrons. The molecule has 1 saturated carbocycles. The predicted octanol–water partition coefficient (Wildman–Crippen LogP) is 1.93. The molecule has 2 N–H and O–H groups in total. The maximum Gasteiger partial charge on any atom is 0.224 e. The fourth-order valence-corrected chi connectivity index (χ4v) is 3.16. The smallest absolute Gasteiger partial charge is 0.224 e. The van der Waals surface area contributed by atoms with Gasteiger partial charge in [-0.2, -0.15) is 0 Å². The number of nitrogens with one attached hydrogen (secondary N) is 2. The van der Waals surface area contributed by atoms with Gasteiger partial charge in [0.15, 0.2) is 0 Å². The number of rotatable bonds is 3. The van der Waals surface area contributed by atoms with E-state index in [1.54, 1.807) is 0 Å². The van der Waals surface area contributed by atoms with Gasteiger partial charge in [0, 0.05) is 12.6 Å². The van der Waals surface area contributed by atoms with E-state index in [1.165, 1.54) is 25.7 Å². The Kier molecular flexibility index (Phi) is 4.43. The van der Waals surface area contributed by atoms with Gasteiger partial charge in [0.2, 0.25) is 5.91 Å². The topological polar surface area (TPSA) is 41.1 Å². The zero-order valence-electron chi connectivity index (χ0n) is 11.2. The summed E-state index contributed by atoms with van der Waals surface area (Å²) in [5, 5.41) is 6.52. The Hall–Kier alpha value is -0.570.